The first-order valence-electron chi connectivity index (χ1n) is 3.69. The van der Waals surface area contributed by atoms with Gasteiger partial charge in [-0.1, -0.05) is 31.1 Å². The highest BCUT2D eigenvalue weighted by atomic mass is 14.0. The van der Waals surface area contributed by atoms with E-state index in [-0.39, 0.29) is 0 Å². The Morgan fingerprint density at radius 1 is 1.67 bits per heavy atom. The van der Waals surface area contributed by atoms with Gasteiger partial charge in [-0.15, -0.1) is 0 Å². The van der Waals surface area contributed by atoms with Gasteiger partial charge in [-0.2, -0.15) is 0 Å². The first kappa shape index (κ1) is 6.60. The summed E-state index contributed by atoms with van der Waals surface area (Å²) < 4.78 is 0. The monoisotopic (exact) mass is 121 g/mol. The second-order valence-corrected chi connectivity index (χ2v) is 2.44. The predicted molar refractivity (Wildman–Crippen MR) is 40.0 cm³/mol. The molecule has 1 rings (SSSR count). The largest absolute Gasteiger partial charge is 0.0769 e. The van der Waals surface area contributed by atoms with Crippen LogP contribution in [0, 0.1) is 6.08 Å². The highest BCUT2D eigenvalue weighted by Crippen LogP contribution is 2.14. The second-order valence-electron chi connectivity index (χ2n) is 2.44. The fraction of sp³-hybridized carbons (Fsp3) is 0.556. The van der Waals surface area contributed by atoms with Crippen molar-refractivity contribution in [1.82, 2.24) is 0 Å². The van der Waals surface area contributed by atoms with E-state index in [1.807, 2.05) is 0 Å². The number of unbranched alkanes of at least 4 members (excludes halogenated alkanes) is 1. The molecule has 0 aromatic heterocycles. The van der Waals surface area contributed by atoms with E-state index in [2.05, 4.69) is 25.2 Å². The molecule has 0 bridgehead atoms. The van der Waals surface area contributed by atoms with Crippen LogP contribution in [0.3, 0.4) is 0 Å². The Morgan fingerprint density at radius 3 is 3.11 bits per heavy atom. The molecular formula is C9H13. The molecule has 0 fully saturated rings. The van der Waals surface area contributed by atoms with E-state index in [9.17, 15) is 0 Å². The first-order valence-corrected chi connectivity index (χ1v) is 3.69. The summed E-state index contributed by atoms with van der Waals surface area (Å²) in [6.45, 7) is 2.23. The van der Waals surface area contributed by atoms with Crippen molar-refractivity contribution < 1.29 is 0 Å². The zero-order chi connectivity index (χ0) is 6.53. The summed E-state index contributed by atoms with van der Waals surface area (Å²) in [6.07, 6.45) is 12.5. The SMILES string of the molecule is CCCCC1=CC[C]=C1. The second kappa shape index (κ2) is 3.49. The predicted octanol–water partition coefficient (Wildman–Crippen LogP) is 2.87. The smallest absolute Gasteiger partial charge is 0.00887 e. The summed E-state index contributed by atoms with van der Waals surface area (Å²) in [7, 11) is 0. The van der Waals surface area contributed by atoms with Gasteiger partial charge in [0.05, 0.1) is 0 Å². The van der Waals surface area contributed by atoms with Gasteiger partial charge in [0.2, 0.25) is 0 Å². The quantitative estimate of drug-likeness (QED) is 0.538. The van der Waals surface area contributed by atoms with Crippen molar-refractivity contribution in [2.75, 3.05) is 0 Å². The molecule has 0 saturated heterocycles. The van der Waals surface area contributed by atoms with Gasteiger partial charge < -0.3 is 0 Å². The molecule has 0 heterocycles. The van der Waals surface area contributed by atoms with Gasteiger partial charge in [-0.3, -0.25) is 0 Å². The van der Waals surface area contributed by atoms with Crippen molar-refractivity contribution >= 4 is 0 Å². The van der Waals surface area contributed by atoms with Gasteiger partial charge >= 0.3 is 0 Å². The minimum absolute atomic E-state index is 1.04. The minimum atomic E-state index is 1.04. The molecule has 1 radical (unpaired) electrons. The lowest BCUT2D eigenvalue weighted by molar-refractivity contribution is 0.798. The molecule has 0 unspecified atom stereocenters. The lowest BCUT2D eigenvalue weighted by atomic mass is 10.1. The van der Waals surface area contributed by atoms with Crippen molar-refractivity contribution in [3.05, 3.63) is 23.8 Å². The Bertz CT molecular complexity index is 129. The number of hydrogen-bond donors (Lipinski definition) is 0. The van der Waals surface area contributed by atoms with E-state index < -0.39 is 0 Å². The third kappa shape index (κ3) is 2.05. The summed E-state index contributed by atoms with van der Waals surface area (Å²) in [5.74, 6) is 0. The van der Waals surface area contributed by atoms with Crippen molar-refractivity contribution in [3.63, 3.8) is 0 Å². The molecule has 9 heavy (non-hydrogen) atoms. The van der Waals surface area contributed by atoms with Crippen LogP contribution >= 0.6 is 0 Å². The fourth-order valence-electron chi connectivity index (χ4n) is 0.994. The summed E-state index contributed by atoms with van der Waals surface area (Å²) >= 11 is 0. The molecule has 1 aliphatic carbocycles. The van der Waals surface area contributed by atoms with Crippen LogP contribution in [0.2, 0.25) is 0 Å². The van der Waals surface area contributed by atoms with Crippen molar-refractivity contribution in [2.45, 2.75) is 32.6 Å². The molecule has 49 valence electrons. The van der Waals surface area contributed by atoms with E-state index in [4.69, 9.17) is 0 Å². The van der Waals surface area contributed by atoms with Crippen LogP contribution in [-0.2, 0) is 0 Å². The molecule has 0 nitrogen and oxygen atoms in total. The van der Waals surface area contributed by atoms with E-state index in [1.54, 1.807) is 0 Å². The molecule has 0 amide bonds. The molecule has 0 N–H and O–H groups in total. The Balaban J connectivity index is 2.19. The average Bonchev–Trinajstić information content (AvgIpc) is 2.34. The maximum Gasteiger partial charge on any atom is -0.00887 e. The Kier molecular flexibility index (Phi) is 2.56. The molecular weight excluding hydrogens is 108 g/mol. The Hall–Kier alpha value is -0.520. The van der Waals surface area contributed by atoms with Gasteiger partial charge in [0.25, 0.3) is 0 Å². The van der Waals surface area contributed by atoms with Gasteiger partial charge in [-0.05, 0) is 25.3 Å². The van der Waals surface area contributed by atoms with Gasteiger partial charge in [-0.25, -0.2) is 0 Å². The normalized spacial score (nSPS) is 16.3. The summed E-state index contributed by atoms with van der Waals surface area (Å²) in [5, 5.41) is 0. The molecule has 0 aromatic carbocycles. The zero-order valence-corrected chi connectivity index (χ0v) is 5.98. The molecule has 0 saturated carbocycles. The van der Waals surface area contributed by atoms with E-state index >= 15 is 0 Å². The first-order chi connectivity index (χ1) is 4.43. The van der Waals surface area contributed by atoms with Crippen LogP contribution in [0.5, 0.6) is 0 Å². The topological polar surface area (TPSA) is 0 Å². The van der Waals surface area contributed by atoms with Crippen LogP contribution < -0.4 is 0 Å². The van der Waals surface area contributed by atoms with E-state index in [1.165, 1.54) is 24.8 Å². The van der Waals surface area contributed by atoms with E-state index in [0.29, 0.717) is 0 Å². The molecule has 0 aromatic rings. The van der Waals surface area contributed by atoms with Crippen LogP contribution in [0.1, 0.15) is 32.6 Å². The molecule has 0 spiro atoms. The van der Waals surface area contributed by atoms with Gasteiger partial charge in [0, 0.05) is 0 Å². The average molecular weight is 121 g/mol. The van der Waals surface area contributed by atoms with Crippen molar-refractivity contribution in [2.24, 2.45) is 0 Å². The van der Waals surface area contributed by atoms with Crippen LogP contribution in [0.25, 0.3) is 0 Å². The highest BCUT2D eigenvalue weighted by molar-refractivity contribution is 5.22. The third-order valence-electron chi connectivity index (χ3n) is 1.59. The highest BCUT2D eigenvalue weighted by Gasteiger charge is 1.95. The zero-order valence-electron chi connectivity index (χ0n) is 5.98. The van der Waals surface area contributed by atoms with Gasteiger partial charge in [0.15, 0.2) is 0 Å². The van der Waals surface area contributed by atoms with Crippen LogP contribution in [-0.4, -0.2) is 0 Å². The van der Waals surface area contributed by atoms with Gasteiger partial charge in [0.1, 0.15) is 0 Å². The Labute approximate surface area is 57.3 Å². The minimum Gasteiger partial charge on any atom is -0.0769 e. The lowest BCUT2D eigenvalue weighted by Crippen LogP contribution is -1.74. The number of rotatable bonds is 3. The van der Waals surface area contributed by atoms with Crippen molar-refractivity contribution in [3.8, 4) is 0 Å². The number of hydrogen-bond acceptors (Lipinski definition) is 0. The summed E-state index contributed by atoms with van der Waals surface area (Å²) in [5.41, 5.74) is 1.48. The summed E-state index contributed by atoms with van der Waals surface area (Å²) in [6, 6.07) is 0. The molecule has 1 aliphatic rings. The van der Waals surface area contributed by atoms with Crippen LogP contribution in [0.4, 0.5) is 0 Å². The standard InChI is InChI=1S/C9H13/c1-2-3-6-9-7-4-5-8-9/h7-8H,2-4,6H2,1H3. The maximum atomic E-state index is 3.16. The number of allylic oxidation sites excluding steroid dienone is 4. The van der Waals surface area contributed by atoms with E-state index in [0.717, 1.165) is 6.42 Å². The van der Waals surface area contributed by atoms with Crippen molar-refractivity contribution in [1.29, 1.82) is 0 Å². The third-order valence-corrected chi connectivity index (χ3v) is 1.59. The fourth-order valence-corrected chi connectivity index (χ4v) is 0.994. The Morgan fingerprint density at radius 2 is 2.56 bits per heavy atom. The van der Waals surface area contributed by atoms with Crippen LogP contribution in [0.15, 0.2) is 17.7 Å². The lowest BCUT2D eigenvalue weighted by Gasteiger charge is -1.93. The maximum absolute atomic E-state index is 3.16. The molecule has 0 heteroatoms. The molecule has 0 aliphatic heterocycles. The summed E-state index contributed by atoms with van der Waals surface area (Å²) in [4.78, 5) is 0. The molecule has 0 atom stereocenters.